The van der Waals surface area contributed by atoms with Crippen molar-refractivity contribution in [1.82, 2.24) is 5.32 Å². The van der Waals surface area contributed by atoms with Gasteiger partial charge in [0.05, 0.1) is 0 Å². The monoisotopic (exact) mass is 308 g/mol. The Morgan fingerprint density at radius 2 is 1.70 bits per heavy atom. The molecule has 0 heterocycles. The summed E-state index contributed by atoms with van der Waals surface area (Å²) >= 11 is 0. The van der Waals surface area contributed by atoms with E-state index in [1.807, 2.05) is 18.2 Å². The van der Waals surface area contributed by atoms with Crippen LogP contribution in [0.1, 0.15) is 36.3 Å². The Balaban J connectivity index is 1.27. The predicted molar refractivity (Wildman–Crippen MR) is 92.5 cm³/mol. The average molecular weight is 308 g/mol. The van der Waals surface area contributed by atoms with Gasteiger partial charge in [-0.3, -0.25) is 0 Å². The fourth-order valence-corrected chi connectivity index (χ4v) is 3.40. The SMILES string of the molecule is NC1CC(N[C@@H]2C[C@H]2c2ccc(OCc3ccccc3)cc2)C1. The zero-order valence-corrected chi connectivity index (χ0v) is 13.3. The van der Waals surface area contributed by atoms with Crippen LogP contribution in [0, 0.1) is 0 Å². The molecule has 2 aromatic rings. The molecule has 2 saturated carbocycles. The lowest BCUT2D eigenvalue weighted by molar-refractivity contribution is 0.289. The third kappa shape index (κ3) is 3.57. The molecule has 3 nitrogen and oxygen atoms in total. The fourth-order valence-electron chi connectivity index (χ4n) is 3.40. The standard InChI is InChI=1S/C20H24N2O/c21-16-10-17(11-16)22-20-12-19(20)15-6-8-18(9-7-15)23-13-14-4-2-1-3-5-14/h1-9,16-17,19-20,22H,10-13,21H2/t16?,17?,19-,20+/m0/s1. The Bertz CT molecular complexity index is 634. The Morgan fingerprint density at radius 1 is 0.957 bits per heavy atom. The number of nitrogens with one attached hydrogen (secondary N) is 1. The highest BCUT2D eigenvalue weighted by atomic mass is 16.5. The van der Waals surface area contributed by atoms with E-state index in [0.29, 0.717) is 30.7 Å². The summed E-state index contributed by atoms with van der Waals surface area (Å²) in [4.78, 5) is 0. The molecular weight excluding hydrogens is 284 g/mol. The van der Waals surface area contributed by atoms with Gasteiger partial charge in [-0.05, 0) is 42.5 Å². The van der Waals surface area contributed by atoms with Crippen molar-refractivity contribution in [3.63, 3.8) is 0 Å². The molecule has 2 atom stereocenters. The highest BCUT2D eigenvalue weighted by Gasteiger charge is 2.41. The molecule has 23 heavy (non-hydrogen) atoms. The van der Waals surface area contributed by atoms with Gasteiger partial charge >= 0.3 is 0 Å². The number of hydrogen-bond donors (Lipinski definition) is 2. The summed E-state index contributed by atoms with van der Waals surface area (Å²) in [6.45, 7) is 0.621. The van der Waals surface area contributed by atoms with Gasteiger partial charge < -0.3 is 15.8 Å². The van der Waals surface area contributed by atoms with E-state index >= 15 is 0 Å². The lowest BCUT2D eigenvalue weighted by Gasteiger charge is -2.33. The van der Waals surface area contributed by atoms with E-state index in [1.54, 1.807) is 0 Å². The highest BCUT2D eigenvalue weighted by Crippen LogP contribution is 2.42. The molecule has 0 aliphatic heterocycles. The fraction of sp³-hybridized carbons (Fsp3) is 0.400. The van der Waals surface area contributed by atoms with Crippen molar-refractivity contribution >= 4 is 0 Å². The van der Waals surface area contributed by atoms with E-state index in [9.17, 15) is 0 Å². The van der Waals surface area contributed by atoms with Gasteiger partial charge in [0.1, 0.15) is 12.4 Å². The van der Waals surface area contributed by atoms with E-state index in [2.05, 4.69) is 41.7 Å². The maximum atomic E-state index is 5.85. The van der Waals surface area contributed by atoms with Crippen LogP contribution in [0.3, 0.4) is 0 Å². The zero-order chi connectivity index (χ0) is 15.6. The minimum Gasteiger partial charge on any atom is -0.489 e. The van der Waals surface area contributed by atoms with Crippen LogP contribution in [0.2, 0.25) is 0 Å². The molecule has 0 amide bonds. The summed E-state index contributed by atoms with van der Waals surface area (Å²) in [6, 6.07) is 20.6. The summed E-state index contributed by atoms with van der Waals surface area (Å²) in [5, 5.41) is 3.72. The van der Waals surface area contributed by atoms with Crippen molar-refractivity contribution in [2.75, 3.05) is 0 Å². The number of benzene rings is 2. The van der Waals surface area contributed by atoms with Gasteiger partial charge in [0.15, 0.2) is 0 Å². The van der Waals surface area contributed by atoms with Crippen LogP contribution in [0.5, 0.6) is 5.75 Å². The van der Waals surface area contributed by atoms with E-state index in [4.69, 9.17) is 10.5 Å². The van der Waals surface area contributed by atoms with Crippen LogP contribution in [-0.4, -0.2) is 18.1 Å². The lowest BCUT2D eigenvalue weighted by Crippen LogP contribution is -2.49. The van der Waals surface area contributed by atoms with E-state index in [0.717, 1.165) is 18.6 Å². The first-order valence-electron chi connectivity index (χ1n) is 8.56. The molecule has 0 aromatic heterocycles. The van der Waals surface area contributed by atoms with Crippen molar-refractivity contribution in [3.8, 4) is 5.75 Å². The molecule has 2 aliphatic carbocycles. The number of hydrogen-bond acceptors (Lipinski definition) is 3. The zero-order valence-electron chi connectivity index (χ0n) is 13.3. The van der Waals surface area contributed by atoms with Crippen molar-refractivity contribution < 1.29 is 4.74 Å². The third-order valence-electron chi connectivity index (χ3n) is 4.97. The Kier molecular flexibility index (Phi) is 4.06. The molecule has 0 bridgehead atoms. The topological polar surface area (TPSA) is 47.3 Å². The summed E-state index contributed by atoms with van der Waals surface area (Å²) in [6.07, 6.45) is 3.51. The second-order valence-electron chi connectivity index (χ2n) is 6.89. The third-order valence-corrected chi connectivity index (χ3v) is 4.97. The van der Waals surface area contributed by atoms with E-state index in [-0.39, 0.29) is 0 Å². The van der Waals surface area contributed by atoms with Crippen molar-refractivity contribution in [3.05, 3.63) is 65.7 Å². The van der Waals surface area contributed by atoms with E-state index in [1.165, 1.54) is 17.5 Å². The van der Waals surface area contributed by atoms with Gasteiger partial charge in [0.2, 0.25) is 0 Å². The van der Waals surface area contributed by atoms with Gasteiger partial charge in [0, 0.05) is 24.0 Å². The van der Waals surface area contributed by atoms with Gasteiger partial charge in [-0.2, -0.15) is 0 Å². The largest absolute Gasteiger partial charge is 0.489 e. The van der Waals surface area contributed by atoms with Crippen LogP contribution < -0.4 is 15.8 Å². The number of rotatable bonds is 6. The first kappa shape index (κ1) is 14.7. The first-order chi connectivity index (χ1) is 11.3. The Hall–Kier alpha value is -1.84. The summed E-state index contributed by atoms with van der Waals surface area (Å²) in [5.74, 6) is 1.60. The van der Waals surface area contributed by atoms with Crippen LogP contribution >= 0.6 is 0 Å². The number of nitrogens with two attached hydrogens (primary N) is 1. The van der Waals surface area contributed by atoms with Crippen molar-refractivity contribution in [2.24, 2.45) is 5.73 Å². The lowest BCUT2D eigenvalue weighted by atomic mass is 9.87. The molecule has 0 unspecified atom stereocenters. The molecule has 0 radical (unpaired) electrons. The summed E-state index contributed by atoms with van der Waals surface area (Å²) < 4.78 is 5.85. The van der Waals surface area contributed by atoms with Crippen LogP contribution in [-0.2, 0) is 6.61 Å². The predicted octanol–water partition coefficient (Wildman–Crippen LogP) is 3.20. The summed E-state index contributed by atoms with van der Waals surface area (Å²) in [7, 11) is 0. The maximum Gasteiger partial charge on any atom is 0.119 e. The second kappa shape index (κ2) is 6.34. The molecule has 3 N–H and O–H groups in total. The molecule has 2 aliphatic rings. The highest BCUT2D eigenvalue weighted by molar-refractivity contribution is 5.34. The minimum absolute atomic E-state index is 0.422. The van der Waals surface area contributed by atoms with Gasteiger partial charge in [-0.1, -0.05) is 42.5 Å². The number of ether oxygens (including phenoxy) is 1. The molecule has 0 spiro atoms. The molecule has 4 rings (SSSR count). The maximum absolute atomic E-state index is 5.85. The normalized spacial score (nSPS) is 28.9. The van der Waals surface area contributed by atoms with Crippen molar-refractivity contribution in [1.29, 1.82) is 0 Å². The van der Waals surface area contributed by atoms with E-state index < -0.39 is 0 Å². The smallest absolute Gasteiger partial charge is 0.119 e. The van der Waals surface area contributed by atoms with Crippen LogP contribution in [0.4, 0.5) is 0 Å². The molecule has 2 fully saturated rings. The van der Waals surface area contributed by atoms with Crippen LogP contribution in [0.15, 0.2) is 54.6 Å². The van der Waals surface area contributed by atoms with Crippen LogP contribution in [0.25, 0.3) is 0 Å². The Morgan fingerprint density at radius 3 is 2.39 bits per heavy atom. The molecular formula is C20H24N2O. The van der Waals surface area contributed by atoms with Gasteiger partial charge in [0.25, 0.3) is 0 Å². The Labute approximate surface area is 137 Å². The first-order valence-corrected chi connectivity index (χ1v) is 8.56. The van der Waals surface area contributed by atoms with Gasteiger partial charge in [-0.25, -0.2) is 0 Å². The second-order valence-corrected chi connectivity index (χ2v) is 6.89. The summed E-state index contributed by atoms with van der Waals surface area (Å²) in [5.41, 5.74) is 8.46. The average Bonchev–Trinajstić information content (AvgIpc) is 3.32. The van der Waals surface area contributed by atoms with Crippen molar-refractivity contribution in [2.45, 2.75) is 49.9 Å². The molecule has 0 saturated heterocycles. The molecule has 120 valence electrons. The van der Waals surface area contributed by atoms with Gasteiger partial charge in [-0.15, -0.1) is 0 Å². The quantitative estimate of drug-likeness (QED) is 0.861. The molecule has 3 heteroatoms. The molecule has 2 aromatic carbocycles. The minimum atomic E-state index is 0.422.